The highest BCUT2D eigenvalue weighted by Crippen LogP contribution is 2.50. The summed E-state index contributed by atoms with van der Waals surface area (Å²) in [4.78, 5) is 11.6. The van der Waals surface area contributed by atoms with E-state index in [1.54, 1.807) is 7.11 Å². The Labute approximate surface area is 118 Å². The summed E-state index contributed by atoms with van der Waals surface area (Å²) in [6.45, 7) is 0. The van der Waals surface area contributed by atoms with Crippen molar-refractivity contribution in [3.8, 4) is 0 Å². The van der Waals surface area contributed by atoms with Gasteiger partial charge in [0.25, 0.3) is 5.54 Å². The first-order chi connectivity index (χ1) is 9.69. The van der Waals surface area contributed by atoms with Gasteiger partial charge < -0.3 is 9.47 Å². The Bertz CT molecular complexity index is 510. The first-order valence-electron chi connectivity index (χ1n) is 7.10. The van der Waals surface area contributed by atoms with Crippen molar-refractivity contribution < 1.29 is 14.4 Å². The van der Waals surface area contributed by atoms with E-state index in [0.29, 0.717) is 12.8 Å². The van der Waals surface area contributed by atoms with Crippen molar-refractivity contribution in [3.05, 3.63) is 45.5 Å². The molecule has 1 aliphatic carbocycles. The van der Waals surface area contributed by atoms with Crippen LogP contribution >= 0.6 is 0 Å². The summed E-state index contributed by atoms with van der Waals surface area (Å²) < 4.78 is 11.3. The summed E-state index contributed by atoms with van der Waals surface area (Å²) in [5, 5.41) is 11.8. The minimum Gasteiger partial charge on any atom is -0.352 e. The molecule has 3 rings (SSSR count). The molecule has 0 N–H and O–H groups in total. The number of hydrogen-bond acceptors (Lipinski definition) is 4. The Balaban J connectivity index is 2.03. The van der Waals surface area contributed by atoms with Crippen molar-refractivity contribution >= 4 is 0 Å². The van der Waals surface area contributed by atoms with E-state index in [2.05, 4.69) is 0 Å². The number of fused-ring (bicyclic) bond motifs is 1. The van der Waals surface area contributed by atoms with Crippen LogP contribution in [0.2, 0.25) is 0 Å². The van der Waals surface area contributed by atoms with Crippen LogP contribution in [0.3, 0.4) is 0 Å². The third-order valence-electron chi connectivity index (χ3n) is 4.58. The van der Waals surface area contributed by atoms with Crippen LogP contribution in [0, 0.1) is 10.1 Å². The van der Waals surface area contributed by atoms with Crippen LogP contribution in [0.15, 0.2) is 24.3 Å². The Hall–Kier alpha value is -1.46. The van der Waals surface area contributed by atoms with Crippen molar-refractivity contribution in [2.24, 2.45) is 0 Å². The fourth-order valence-corrected chi connectivity index (χ4v) is 3.54. The maximum absolute atomic E-state index is 11.8. The van der Waals surface area contributed by atoms with Crippen molar-refractivity contribution in [1.29, 1.82) is 0 Å². The van der Waals surface area contributed by atoms with Crippen LogP contribution in [-0.4, -0.2) is 17.6 Å². The summed E-state index contributed by atoms with van der Waals surface area (Å²) in [6, 6.07) is 7.68. The first kappa shape index (κ1) is 13.5. The highest BCUT2D eigenvalue weighted by atomic mass is 16.7. The Morgan fingerprint density at radius 1 is 1.25 bits per heavy atom. The number of hydrogen-bond donors (Lipinski definition) is 0. The largest absolute Gasteiger partial charge is 0.352 e. The maximum Gasteiger partial charge on any atom is 0.252 e. The third-order valence-corrected chi connectivity index (χ3v) is 4.58. The molecule has 0 radical (unpaired) electrons. The molecule has 1 aliphatic heterocycles. The van der Waals surface area contributed by atoms with E-state index in [1.165, 1.54) is 0 Å². The molecule has 0 saturated heterocycles. The lowest BCUT2D eigenvalue weighted by Crippen LogP contribution is -2.46. The molecule has 108 valence electrons. The molecule has 0 aromatic heterocycles. The van der Waals surface area contributed by atoms with Gasteiger partial charge in [-0.1, -0.05) is 30.7 Å². The molecule has 5 heteroatoms. The Morgan fingerprint density at radius 2 is 1.90 bits per heavy atom. The van der Waals surface area contributed by atoms with Crippen molar-refractivity contribution in [2.45, 2.75) is 50.0 Å². The van der Waals surface area contributed by atoms with E-state index in [4.69, 9.17) is 9.47 Å². The quantitative estimate of drug-likeness (QED) is 0.627. The first-order valence-corrected chi connectivity index (χ1v) is 7.10. The summed E-state index contributed by atoms with van der Waals surface area (Å²) in [5.41, 5.74) is 0.839. The summed E-state index contributed by atoms with van der Waals surface area (Å²) in [7, 11) is 1.57. The second kappa shape index (κ2) is 5.14. The van der Waals surface area contributed by atoms with Crippen molar-refractivity contribution in [3.63, 3.8) is 0 Å². The van der Waals surface area contributed by atoms with Gasteiger partial charge >= 0.3 is 0 Å². The standard InChI is InChI=1S/C15H19NO4/c1-19-14-12-8-4-3-7-11(12)13(20-14)15(16(17)18)9-5-2-6-10-15/h3-4,7-8,13-14H,2,5-6,9-10H2,1H3. The molecule has 1 heterocycles. The van der Waals surface area contributed by atoms with E-state index in [1.807, 2.05) is 24.3 Å². The van der Waals surface area contributed by atoms with Gasteiger partial charge in [-0.3, -0.25) is 10.1 Å². The van der Waals surface area contributed by atoms with E-state index in [9.17, 15) is 10.1 Å². The van der Waals surface area contributed by atoms with Gasteiger partial charge in [-0.15, -0.1) is 0 Å². The van der Waals surface area contributed by atoms with E-state index in [0.717, 1.165) is 30.4 Å². The van der Waals surface area contributed by atoms with Crippen LogP contribution in [-0.2, 0) is 9.47 Å². The van der Waals surface area contributed by atoms with Gasteiger partial charge in [-0.05, 0) is 18.4 Å². The Morgan fingerprint density at radius 3 is 2.50 bits per heavy atom. The molecular weight excluding hydrogens is 258 g/mol. The van der Waals surface area contributed by atoms with Gasteiger partial charge in [0.05, 0.1) is 0 Å². The van der Waals surface area contributed by atoms with E-state index < -0.39 is 17.9 Å². The number of rotatable bonds is 3. The fourth-order valence-electron chi connectivity index (χ4n) is 3.54. The van der Waals surface area contributed by atoms with Crippen LogP contribution in [0.1, 0.15) is 55.6 Å². The molecule has 0 amide bonds. The monoisotopic (exact) mass is 277 g/mol. The topological polar surface area (TPSA) is 61.6 Å². The van der Waals surface area contributed by atoms with Crippen LogP contribution in [0.5, 0.6) is 0 Å². The number of methoxy groups -OCH3 is 1. The highest BCUT2D eigenvalue weighted by Gasteiger charge is 2.56. The van der Waals surface area contributed by atoms with Gasteiger partial charge in [0.1, 0.15) is 0 Å². The molecule has 2 unspecified atom stereocenters. The van der Waals surface area contributed by atoms with E-state index >= 15 is 0 Å². The van der Waals surface area contributed by atoms with Crippen LogP contribution < -0.4 is 0 Å². The molecule has 2 aliphatic rings. The lowest BCUT2D eigenvalue weighted by molar-refractivity contribution is -0.592. The smallest absolute Gasteiger partial charge is 0.252 e. The molecule has 1 aromatic carbocycles. The predicted molar refractivity (Wildman–Crippen MR) is 72.8 cm³/mol. The fraction of sp³-hybridized carbons (Fsp3) is 0.600. The zero-order chi connectivity index (χ0) is 14.2. The maximum atomic E-state index is 11.8. The minimum atomic E-state index is -0.998. The molecule has 0 bridgehead atoms. The second-order valence-corrected chi connectivity index (χ2v) is 5.63. The van der Waals surface area contributed by atoms with Gasteiger partial charge in [0.15, 0.2) is 12.4 Å². The number of benzene rings is 1. The SMILES string of the molecule is COC1OC(C2([N+](=O)[O-])CCCCC2)c2ccccc21. The molecule has 1 aromatic rings. The normalized spacial score (nSPS) is 28.1. The van der Waals surface area contributed by atoms with Crippen LogP contribution in [0.25, 0.3) is 0 Å². The summed E-state index contributed by atoms with van der Waals surface area (Å²) in [5.74, 6) is 0. The van der Waals surface area contributed by atoms with E-state index in [-0.39, 0.29) is 4.92 Å². The number of nitro groups is 1. The lowest BCUT2D eigenvalue weighted by atomic mass is 9.76. The summed E-state index contributed by atoms with van der Waals surface area (Å²) >= 11 is 0. The molecule has 5 nitrogen and oxygen atoms in total. The van der Waals surface area contributed by atoms with Gasteiger partial charge in [0.2, 0.25) is 0 Å². The molecule has 2 atom stereocenters. The predicted octanol–water partition coefficient (Wildman–Crippen LogP) is 3.38. The molecule has 20 heavy (non-hydrogen) atoms. The van der Waals surface area contributed by atoms with Gasteiger partial charge in [0, 0.05) is 30.4 Å². The van der Waals surface area contributed by atoms with Gasteiger partial charge in [-0.2, -0.15) is 0 Å². The average molecular weight is 277 g/mol. The second-order valence-electron chi connectivity index (χ2n) is 5.63. The van der Waals surface area contributed by atoms with Crippen molar-refractivity contribution in [2.75, 3.05) is 7.11 Å². The molecule has 1 saturated carbocycles. The molecule has 0 spiro atoms. The lowest BCUT2D eigenvalue weighted by Gasteiger charge is -2.33. The molecule has 1 fully saturated rings. The van der Waals surface area contributed by atoms with Gasteiger partial charge in [-0.25, -0.2) is 0 Å². The Kier molecular flexibility index (Phi) is 3.48. The number of ether oxygens (including phenoxy) is 2. The highest BCUT2D eigenvalue weighted by molar-refractivity contribution is 5.35. The average Bonchev–Trinajstić information content (AvgIpc) is 2.87. The van der Waals surface area contributed by atoms with Crippen molar-refractivity contribution in [1.82, 2.24) is 0 Å². The third kappa shape index (κ3) is 1.93. The number of nitrogens with zero attached hydrogens (tertiary/aromatic N) is 1. The zero-order valence-corrected chi connectivity index (χ0v) is 11.6. The minimum absolute atomic E-state index is 0.119. The molecular formula is C15H19NO4. The van der Waals surface area contributed by atoms with Crippen LogP contribution in [0.4, 0.5) is 0 Å². The zero-order valence-electron chi connectivity index (χ0n) is 11.6. The summed E-state index contributed by atoms with van der Waals surface area (Å²) in [6.07, 6.45) is 3.01.